The summed E-state index contributed by atoms with van der Waals surface area (Å²) in [6.45, 7) is 12.7. The van der Waals surface area contributed by atoms with E-state index in [0.717, 1.165) is 23.1 Å². The molecule has 0 radical (unpaired) electrons. The predicted octanol–water partition coefficient (Wildman–Crippen LogP) is 8.30. The van der Waals surface area contributed by atoms with E-state index in [4.69, 9.17) is 5.11 Å². The second kappa shape index (κ2) is 15.8. The average molecular weight is 547 g/mol. The van der Waals surface area contributed by atoms with Crippen molar-refractivity contribution in [1.82, 2.24) is 0 Å². The van der Waals surface area contributed by atoms with Crippen LogP contribution in [-0.2, 0) is 20.8 Å². The molecule has 216 valence electrons. The zero-order chi connectivity index (χ0) is 29.7. The number of carboxylic acids is 1. The lowest BCUT2D eigenvalue weighted by Crippen LogP contribution is -2.19. The second-order valence-electron chi connectivity index (χ2n) is 11.3. The number of carbonyl (C=O) groups excluding carboxylic acids is 2. The Balaban J connectivity index is 2.05. The summed E-state index contributed by atoms with van der Waals surface area (Å²) >= 11 is 0. The van der Waals surface area contributed by atoms with Gasteiger partial charge in [-0.25, -0.2) is 0 Å². The van der Waals surface area contributed by atoms with E-state index in [-0.39, 0.29) is 23.7 Å². The Hall–Kier alpha value is -3.67. The average Bonchev–Trinajstić information content (AvgIpc) is 2.84. The Labute approximate surface area is 240 Å². The SMILES string of the molecule is CCCC(=O)Nc1cc(NC(=O)/C=C(C)/C=C/C=C(C)/C=C/C2=C(C)CCCC2(C)C)ccc1CCCC(=O)O. The zero-order valence-electron chi connectivity index (χ0n) is 25.0. The van der Waals surface area contributed by atoms with Crippen molar-refractivity contribution >= 4 is 29.2 Å². The van der Waals surface area contributed by atoms with Crippen molar-refractivity contribution in [3.05, 3.63) is 82.5 Å². The van der Waals surface area contributed by atoms with Gasteiger partial charge < -0.3 is 15.7 Å². The van der Waals surface area contributed by atoms with E-state index in [1.807, 2.05) is 38.1 Å². The molecule has 40 heavy (non-hydrogen) atoms. The van der Waals surface area contributed by atoms with Crippen LogP contribution in [0.1, 0.15) is 92.1 Å². The highest BCUT2D eigenvalue weighted by atomic mass is 16.4. The van der Waals surface area contributed by atoms with Crippen LogP contribution in [0.2, 0.25) is 0 Å². The van der Waals surface area contributed by atoms with Crippen molar-refractivity contribution in [2.45, 2.75) is 92.9 Å². The first-order valence-corrected chi connectivity index (χ1v) is 14.3. The molecule has 1 aliphatic rings. The minimum atomic E-state index is -0.852. The molecular weight excluding hydrogens is 500 g/mol. The number of anilines is 2. The molecule has 0 aliphatic heterocycles. The highest BCUT2D eigenvalue weighted by Gasteiger charge is 2.26. The number of aliphatic carboxylic acids is 1. The van der Waals surface area contributed by atoms with Crippen molar-refractivity contribution in [2.75, 3.05) is 10.6 Å². The van der Waals surface area contributed by atoms with E-state index in [1.54, 1.807) is 12.1 Å². The highest BCUT2D eigenvalue weighted by molar-refractivity contribution is 6.01. The number of carboxylic acid groups (broad SMARTS) is 1. The lowest BCUT2D eigenvalue weighted by atomic mass is 9.72. The van der Waals surface area contributed by atoms with Gasteiger partial charge in [-0.15, -0.1) is 0 Å². The van der Waals surface area contributed by atoms with Crippen molar-refractivity contribution in [2.24, 2.45) is 5.41 Å². The predicted molar refractivity (Wildman–Crippen MR) is 165 cm³/mol. The highest BCUT2D eigenvalue weighted by Crippen LogP contribution is 2.40. The number of rotatable bonds is 13. The lowest BCUT2D eigenvalue weighted by Gasteiger charge is -2.32. The number of nitrogens with one attached hydrogen (secondary N) is 2. The van der Waals surface area contributed by atoms with Gasteiger partial charge in [-0.3, -0.25) is 14.4 Å². The van der Waals surface area contributed by atoms with Crippen LogP contribution in [0.3, 0.4) is 0 Å². The molecule has 0 spiro atoms. The third-order valence-electron chi connectivity index (χ3n) is 7.10. The fourth-order valence-corrected chi connectivity index (χ4v) is 4.92. The third-order valence-corrected chi connectivity index (χ3v) is 7.10. The van der Waals surface area contributed by atoms with E-state index < -0.39 is 5.97 Å². The number of hydrogen-bond donors (Lipinski definition) is 3. The minimum Gasteiger partial charge on any atom is -0.481 e. The monoisotopic (exact) mass is 546 g/mol. The standard InChI is InChI=1S/C34H46N2O4/c1-7-11-31(37)36-30-23-28(19-18-27(30)15-9-16-33(39)40)35-32(38)22-25(3)13-8-12-24(2)17-20-29-26(4)14-10-21-34(29,5)6/h8,12-13,17-20,22-23H,7,9-11,14-16,21H2,1-6H3,(H,35,38)(H,36,37)(H,39,40)/b13-8+,20-17+,24-12+,25-22+. The van der Waals surface area contributed by atoms with Gasteiger partial charge in [0.05, 0.1) is 0 Å². The molecule has 0 saturated carbocycles. The van der Waals surface area contributed by atoms with Gasteiger partial charge in [0.1, 0.15) is 0 Å². The molecule has 0 heterocycles. The molecule has 0 saturated heterocycles. The molecule has 2 rings (SSSR count). The van der Waals surface area contributed by atoms with Crippen LogP contribution >= 0.6 is 0 Å². The van der Waals surface area contributed by atoms with Crippen molar-refractivity contribution in [3.8, 4) is 0 Å². The first-order valence-electron chi connectivity index (χ1n) is 14.3. The van der Waals surface area contributed by atoms with Gasteiger partial charge in [0.2, 0.25) is 11.8 Å². The van der Waals surface area contributed by atoms with Gasteiger partial charge >= 0.3 is 5.97 Å². The Kier molecular flexibility index (Phi) is 12.9. The first-order chi connectivity index (χ1) is 18.9. The van der Waals surface area contributed by atoms with Gasteiger partial charge in [-0.05, 0) is 93.6 Å². The maximum absolute atomic E-state index is 12.7. The summed E-state index contributed by atoms with van der Waals surface area (Å²) in [5.41, 5.74) is 7.06. The van der Waals surface area contributed by atoms with Crippen LogP contribution in [-0.4, -0.2) is 22.9 Å². The lowest BCUT2D eigenvalue weighted by molar-refractivity contribution is -0.137. The smallest absolute Gasteiger partial charge is 0.303 e. The largest absolute Gasteiger partial charge is 0.481 e. The van der Waals surface area contributed by atoms with E-state index >= 15 is 0 Å². The van der Waals surface area contributed by atoms with Crippen molar-refractivity contribution in [3.63, 3.8) is 0 Å². The maximum Gasteiger partial charge on any atom is 0.303 e. The number of benzene rings is 1. The topological polar surface area (TPSA) is 95.5 Å². The van der Waals surface area contributed by atoms with Crippen LogP contribution in [0.5, 0.6) is 0 Å². The van der Waals surface area contributed by atoms with Crippen LogP contribution in [0.25, 0.3) is 0 Å². The summed E-state index contributed by atoms with van der Waals surface area (Å²) in [7, 11) is 0. The molecule has 6 heteroatoms. The van der Waals surface area contributed by atoms with Crippen molar-refractivity contribution in [1.29, 1.82) is 0 Å². The van der Waals surface area contributed by atoms with Gasteiger partial charge in [0, 0.05) is 30.3 Å². The molecule has 0 aromatic heterocycles. The first kappa shape index (κ1) is 32.5. The Morgan fingerprint density at radius 1 is 1.05 bits per heavy atom. The number of carbonyl (C=O) groups is 3. The molecule has 0 atom stereocenters. The summed E-state index contributed by atoms with van der Waals surface area (Å²) in [5.74, 6) is -1.23. The molecule has 1 aliphatic carbocycles. The van der Waals surface area contributed by atoms with Crippen LogP contribution < -0.4 is 10.6 Å². The summed E-state index contributed by atoms with van der Waals surface area (Å²) in [6, 6.07) is 5.32. The van der Waals surface area contributed by atoms with Crippen LogP contribution in [0.15, 0.2) is 76.9 Å². The van der Waals surface area contributed by atoms with Gasteiger partial charge in [-0.1, -0.05) is 68.4 Å². The number of hydrogen-bond acceptors (Lipinski definition) is 3. The van der Waals surface area contributed by atoms with E-state index in [9.17, 15) is 14.4 Å². The Bertz CT molecular complexity index is 1230. The molecule has 0 fully saturated rings. The molecular formula is C34H46N2O4. The van der Waals surface area contributed by atoms with Gasteiger partial charge in [-0.2, -0.15) is 0 Å². The number of amides is 2. The molecule has 0 bridgehead atoms. The second-order valence-corrected chi connectivity index (χ2v) is 11.3. The summed E-state index contributed by atoms with van der Waals surface area (Å²) < 4.78 is 0. The molecule has 6 nitrogen and oxygen atoms in total. The summed E-state index contributed by atoms with van der Waals surface area (Å²) in [5, 5.41) is 14.7. The summed E-state index contributed by atoms with van der Waals surface area (Å²) in [6.07, 6.45) is 17.6. The Morgan fingerprint density at radius 3 is 2.48 bits per heavy atom. The maximum atomic E-state index is 12.7. The number of aryl methyl sites for hydroxylation is 1. The van der Waals surface area contributed by atoms with Crippen LogP contribution in [0, 0.1) is 5.41 Å². The Morgan fingerprint density at radius 2 is 1.80 bits per heavy atom. The molecule has 2 amide bonds. The normalized spacial score (nSPS) is 16.1. The van der Waals surface area contributed by atoms with Crippen LogP contribution in [0.4, 0.5) is 11.4 Å². The molecule has 3 N–H and O–H groups in total. The molecule has 0 unspecified atom stereocenters. The van der Waals surface area contributed by atoms with Gasteiger partial charge in [0.25, 0.3) is 0 Å². The van der Waals surface area contributed by atoms with Crippen molar-refractivity contribution < 1.29 is 19.5 Å². The van der Waals surface area contributed by atoms with E-state index in [2.05, 4.69) is 50.5 Å². The fraction of sp³-hybridized carbons (Fsp3) is 0.441. The zero-order valence-corrected chi connectivity index (χ0v) is 25.0. The van der Waals surface area contributed by atoms with Gasteiger partial charge in [0.15, 0.2) is 0 Å². The summed E-state index contributed by atoms with van der Waals surface area (Å²) in [4.78, 5) is 35.8. The molecule has 1 aromatic carbocycles. The number of allylic oxidation sites excluding steroid dienone is 9. The minimum absolute atomic E-state index is 0.0549. The molecule has 1 aromatic rings. The quantitative estimate of drug-likeness (QED) is 0.171. The third kappa shape index (κ3) is 11.2. The van der Waals surface area contributed by atoms with E-state index in [0.29, 0.717) is 30.6 Å². The van der Waals surface area contributed by atoms with E-state index in [1.165, 1.54) is 36.5 Å². The fourth-order valence-electron chi connectivity index (χ4n) is 4.92.